The van der Waals surface area contributed by atoms with Crippen LogP contribution in [-0.4, -0.2) is 81.8 Å². The van der Waals surface area contributed by atoms with Crippen LogP contribution in [0.15, 0.2) is 72.8 Å². The maximum Gasteiger partial charge on any atom is 0.328 e. The molecule has 36 heavy (non-hydrogen) atoms. The number of benzene rings is 2. The molecule has 0 aromatic heterocycles. The second-order valence-corrected chi connectivity index (χ2v) is 9.78. The lowest BCUT2D eigenvalue weighted by molar-refractivity contribution is -0.134. The van der Waals surface area contributed by atoms with E-state index in [1.807, 2.05) is 12.1 Å². The van der Waals surface area contributed by atoms with Crippen LogP contribution in [0.4, 0.5) is 4.79 Å². The Bertz CT molecular complexity index is 995. The molecule has 192 valence electrons. The molecule has 9 heteroatoms. The summed E-state index contributed by atoms with van der Waals surface area (Å²) in [4.78, 5) is 36.6. The van der Waals surface area contributed by atoms with Gasteiger partial charge >= 0.3 is 11.9 Å². The van der Waals surface area contributed by atoms with E-state index in [1.54, 1.807) is 0 Å². The van der Waals surface area contributed by atoms with Gasteiger partial charge < -0.3 is 19.8 Å². The minimum Gasteiger partial charge on any atom is -0.478 e. The van der Waals surface area contributed by atoms with Crippen molar-refractivity contribution in [1.29, 1.82) is 0 Å². The van der Waals surface area contributed by atoms with E-state index in [1.165, 1.54) is 22.9 Å². The highest BCUT2D eigenvalue weighted by molar-refractivity contribution is 8.14. The first kappa shape index (κ1) is 27.4. The van der Waals surface area contributed by atoms with Gasteiger partial charge in [0.2, 0.25) is 0 Å². The van der Waals surface area contributed by atoms with Gasteiger partial charge in [-0.3, -0.25) is 9.69 Å². The van der Waals surface area contributed by atoms with Crippen LogP contribution >= 0.6 is 11.8 Å². The monoisotopic (exact) mass is 512 g/mol. The zero-order valence-electron chi connectivity index (χ0n) is 20.1. The minimum absolute atomic E-state index is 0.143. The summed E-state index contributed by atoms with van der Waals surface area (Å²) in [5.74, 6) is -2.51. The van der Waals surface area contributed by atoms with E-state index >= 15 is 0 Å². The number of carboxylic acids is 2. The molecule has 0 aliphatic carbocycles. The van der Waals surface area contributed by atoms with E-state index in [9.17, 15) is 14.4 Å². The quantitative estimate of drug-likeness (QED) is 0.487. The van der Waals surface area contributed by atoms with Crippen LogP contribution in [0.5, 0.6) is 0 Å². The number of carboxylic acid groups (broad SMARTS) is 2. The number of nitrogens with zero attached hydrogens (tertiary/aromatic N) is 2. The molecule has 0 spiro atoms. The van der Waals surface area contributed by atoms with Gasteiger partial charge in [-0.15, -0.1) is 0 Å². The molecule has 0 saturated carbocycles. The van der Waals surface area contributed by atoms with Gasteiger partial charge in [-0.25, -0.2) is 9.59 Å². The molecule has 2 unspecified atom stereocenters. The number of aliphatic carboxylic acids is 2. The summed E-state index contributed by atoms with van der Waals surface area (Å²) in [6, 6.07) is 21.2. The van der Waals surface area contributed by atoms with Gasteiger partial charge in [-0.05, 0) is 24.0 Å². The van der Waals surface area contributed by atoms with Crippen molar-refractivity contribution in [3.8, 4) is 0 Å². The number of carbonyl (C=O) groups is 3. The van der Waals surface area contributed by atoms with Crippen LogP contribution < -0.4 is 0 Å². The van der Waals surface area contributed by atoms with Crippen molar-refractivity contribution >= 4 is 28.9 Å². The minimum atomic E-state index is -1.26. The summed E-state index contributed by atoms with van der Waals surface area (Å²) in [5, 5.41) is 16.2. The van der Waals surface area contributed by atoms with Gasteiger partial charge in [-0.2, -0.15) is 0 Å². The summed E-state index contributed by atoms with van der Waals surface area (Å²) in [7, 11) is 0. The molecule has 4 rings (SSSR count). The normalized spacial score (nSPS) is 19.1. The molecule has 2 aromatic carbocycles. The molecule has 8 nitrogen and oxygen atoms in total. The molecule has 2 atom stereocenters. The maximum atomic E-state index is 12.9. The molecular formula is C27H32N2O6S. The molecule has 0 radical (unpaired) electrons. The SMILES string of the molecule is O=C(O)C=CC(=O)O.O=C1SC(Cc2ccccc2)CN1C(CCN1CCOCC1)c1ccccc1. The number of thioether (sulfide) groups is 1. The number of amides is 1. The zero-order chi connectivity index (χ0) is 25.8. The van der Waals surface area contributed by atoms with Crippen molar-refractivity contribution in [2.45, 2.75) is 24.1 Å². The molecule has 1 amide bonds. The van der Waals surface area contributed by atoms with Crippen LogP contribution in [-0.2, 0) is 20.7 Å². The van der Waals surface area contributed by atoms with Crippen LogP contribution in [0.25, 0.3) is 0 Å². The Hall–Kier alpha value is -3.14. The second kappa shape index (κ2) is 14.4. The highest BCUT2D eigenvalue weighted by atomic mass is 32.2. The molecule has 2 heterocycles. The van der Waals surface area contributed by atoms with Crippen molar-refractivity contribution in [2.24, 2.45) is 0 Å². The average molecular weight is 513 g/mol. The van der Waals surface area contributed by atoms with E-state index in [4.69, 9.17) is 14.9 Å². The van der Waals surface area contributed by atoms with E-state index in [2.05, 4.69) is 58.3 Å². The number of rotatable bonds is 9. The predicted molar refractivity (Wildman–Crippen MR) is 139 cm³/mol. The van der Waals surface area contributed by atoms with E-state index in [-0.39, 0.29) is 11.3 Å². The molecule has 2 saturated heterocycles. The first-order valence-corrected chi connectivity index (χ1v) is 12.8. The van der Waals surface area contributed by atoms with Crippen molar-refractivity contribution in [1.82, 2.24) is 9.80 Å². The van der Waals surface area contributed by atoms with Crippen LogP contribution in [0.2, 0.25) is 0 Å². The van der Waals surface area contributed by atoms with Gasteiger partial charge in [0.15, 0.2) is 0 Å². The Balaban J connectivity index is 0.000000392. The third kappa shape index (κ3) is 9.14. The standard InChI is InChI=1S/C23H28N2O2S.C4H4O4/c26-23-25(18-21(28-23)17-19-7-3-1-4-8-19)22(20-9-5-2-6-10-20)11-12-24-13-15-27-16-14-24;5-3(6)1-2-4(7)8/h1-10,21-22H,11-18H2;1-2H,(H,5,6)(H,7,8). The highest BCUT2D eigenvalue weighted by Crippen LogP contribution is 2.36. The van der Waals surface area contributed by atoms with E-state index in [0.29, 0.717) is 17.4 Å². The van der Waals surface area contributed by atoms with Crippen molar-refractivity contribution < 1.29 is 29.3 Å². The van der Waals surface area contributed by atoms with Crippen molar-refractivity contribution in [2.75, 3.05) is 39.4 Å². The lowest BCUT2D eigenvalue weighted by atomic mass is 10.0. The lowest BCUT2D eigenvalue weighted by Gasteiger charge is -2.32. The number of ether oxygens (including phenoxy) is 1. The maximum absolute atomic E-state index is 12.9. The smallest absolute Gasteiger partial charge is 0.328 e. The number of hydrogen-bond donors (Lipinski definition) is 2. The molecular weight excluding hydrogens is 480 g/mol. The summed E-state index contributed by atoms with van der Waals surface area (Å²) in [6.07, 6.45) is 3.03. The summed E-state index contributed by atoms with van der Waals surface area (Å²) in [6.45, 7) is 5.42. The van der Waals surface area contributed by atoms with Gasteiger partial charge in [0.1, 0.15) is 0 Å². The molecule has 2 N–H and O–H groups in total. The fourth-order valence-corrected chi connectivity index (χ4v) is 5.36. The topological polar surface area (TPSA) is 107 Å². The van der Waals surface area contributed by atoms with Crippen molar-refractivity contribution in [3.05, 3.63) is 83.9 Å². The summed E-state index contributed by atoms with van der Waals surface area (Å²) >= 11 is 1.51. The molecule has 0 bridgehead atoms. The second-order valence-electron chi connectivity index (χ2n) is 8.53. The summed E-state index contributed by atoms with van der Waals surface area (Å²) in [5.41, 5.74) is 2.55. The third-order valence-corrected chi connectivity index (χ3v) is 7.05. The Morgan fingerprint density at radius 1 is 0.972 bits per heavy atom. The van der Waals surface area contributed by atoms with Crippen LogP contribution in [0.3, 0.4) is 0 Å². The zero-order valence-corrected chi connectivity index (χ0v) is 20.9. The van der Waals surface area contributed by atoms with Gasteiger partial charge in [0.25, 0.3) is 5.24 Å². The largest absolute Gasteiger partial charge is 0.478 e. The Kier molecular flexibility index (Phi) is 11.0. The predicted octanol–water partition coefficient (Wildman–Crippen LogP) is 3.94. The van der Waals surface area contributed by atoms with Crippen molar-refractivity contribution in [3.63, 3.8) is 0 Å². The highest BCUT2D eigenvalue weighted by Gasteiger charge is 2.36. The molecule has 2 fully saturated rings. The fourth-order valence-electron chi connectivity index (χ4n) is 4.23. The molecule has 2 aliphatic heterocycles. The Labute approximate surface area is 215 Å². The van der Waals surface area contributed by atoms with Crippen LogP contribution in [0, 0.1) is 0 Å². The number of morpholine rings is 1. The third-order valence-electron chi connectivity index (χ3n) is 5.96. The Morgan fingerprint density at radius 2 is 1.56 bits per heavy atom. The number of carbonyl (C=O) groups excluding carboxylic acids is 1. The van der Waals surface area contributed by atoms with E-state index < -0.39 is 11.9 Å². The average Bonchev–Trinajstić information content (AvgIpc) is 3.24. The Morgan fingerprint density at radius 3 is 2.14 bits per heavy atom. The van der Waals surface area contributed by atoms with Gasteiger partial charge in [-0.1, -0.05) is 72.4 Å². The number of hydrogen-bond acceptors (Lipinski definition) is 6. The molecule has 2 aromatic rings. The van der Waals surface area contributed by atoms with Gasteiger partial charge in [0.05, 0.1) is 19.3 Å². The first-order chi connectivity index (χ1) is 17.4. The van der Waals surface area contributed by atoms with Gasteiger partial charge in [0, 0.05) is 43.6 Å². The first-order valence-electron chi connectivity index (χ1n) is 11.9. The summed E-state index contributed by atoms with van der Waals surface area (Å²) < 4.78 is 5.47. The van der Waals surface area contributed by atoms with E-state index in [0.717, 1.165) is 52.2 Å². The molecule has 2 aliphatic rings. The van der Waals surface area contributed by atoms with Crippen LogP contribution in [0.1, 0.15) is 23.6 Å². The lowest BCUT2D eigenvalue weighted by Crippen LogP contribution is -2.39. The fraction of sp³-hybridized carbons (Fsp3) is 0.370.